The fourth-order valence-electron chi connectivity index (χ4n) is 3.80. The summed E-state index contributed by atoms with van der Waals surface area (Å²) in [5.74, 6) is -0.0784. The Morgan fingerprint density at radius 1 is 1.07 bits per heavy atom. The first-order chi connectivity index (χ1) is 13.9. The van der Waals surface area contributed by atoms with Crippen LogP contribution in [0.2, 0.25) is 0 Å². The van der Waals surface area contributed by atoms with Gasteiger partial charge in [-0.1, -0.05) is 44.0 Å². The highest BCUT2D eigenvalue weighted by Gasteiger charge is 2.42. The predicted molar refractivity (Wildman–Crippen MR) is 120 cm³/mol. The second kappa shape index (κ2) is 8.05. The maximum absolute atomic E-state index is 13.4. The first-order valence-electron chi connectivity index (χ1n) is 9.34. The molecule has 1 aliphatic rings. The number of hydrogen-bond donors (Lipinski definition) is 0. The summed E-state index contributed by atoms with van der Waals surface area (Å²) in [6.07, 6.45) is 0.802. The van der Waals surface area contributed by atoms with Gasteiger partial charge in [0.15, 0.2) is 5.43 Å². The van der Waals surface area contributed by atoms with Crippen LogP contribution in [0, 0.1) is 0 Å². The summed E-state index contributed by atoms with van der Waals surface area (Å²) in [5.41, 5.74) is 1.57. The van der Waals surface area contributed by atoms with Gasteiger partial charge in [0.05, 0.1) is 17.0 Å². The van der Waals surface area contributed by atoms with Gasteiger partial charge in [0.2, 0.25) is 5.76 Å². The number of fused-ring (bicyclic) bond motifs is 2. The summed E-state index contributed by atoms with van der Waals surface area (Å²) < 4.78 is 7.65. The van der Waals surface area contributed by atoms with Crippen LogP contribution in [0.15, 0.2) is 60.6 Å². The lowest BCUT2D eigenvalue weighted by Crippen LogP contribution is -2.32. The van der Waals surface area contributed by atoms with Crippen LogP contribution in [0.3, 0.4) is 0 Å². The second-order valence-corrected chi connectivity index (χ2v) is 9.26. The smallest absolute Gasteiger partial charge is 0.290 e. The monoisotopic (exact) mass is 518 g/mol. The third-order valence-corrected chi connectivity index (χ3v) is 6.08. The number of rotatable bonds is 5. The van der Waals surface area contributed by atoms with E-state index in [0.717, 1.165) is 27.5 Å². The fraction of sp³-hybridized carbons (Fsp3) is 0.273. The zero-order valence-corrected chi connectivity index (χ0v) is 19.3. The average Bonchev–Trinajstić information content (AvgIpc) is 2.95. The summed E-state index contributed by atoms with van der Waals surface area (Å²) >= 11 is 6.93. The number of benzene rings is 2. The van der Waals surface area contributed by atoms with Crippen LogP contribution in [0.25, 0.3) is 11.0 Å². The molecule has 1 amide bonds. The average molecular weight is 520 g/mol. The molecule has 2 heterocycles. The quantitative estimate of drug-likeness (QED) is 0.485. The zero-order chi connectivity index (χ0) is 20.7. The minimum Gasteiger partial charge on any atom is -0.450 e. The number of carbonyl (C=O) groups is 1. The van der Waals surface area contributed by atoms with Crippen LogP contribution in [0.1, 0.15) is 34.1 Å². The molecule has 0 aliphatic carbocycles. The molecule has 0 radical (unpaired) electrons. The molecule has 150 valence electrons. The minimum atomic E-state index is -0.461. The van der Waals surface area contributed by atoms with Crippen LogP contribution in [0.5, 0.6) is 0 Å². The maximum Gasteiger partial charge on any atom is 0.290 e. The van der Waals surface area contributed by atoms with Crippen molar-refractivity contribution in [3.05, 3.63) is 78.5 Å². The summed E-state index contributed by atoms with van der Waals surface area (Å²) in [7, 11) is 4.00. The summed E-state index contributed by atoms with van der Waals surface area (Å²) in [4.78, 5) is 30.5. The fourth-order valence-corrected chi connectivity index (χ4v) is 4.58. The van der Waals surface area contributed by atoms with E-state index in [4.69, 9.17) is 4.42 Å². The van der Waals surface area contributed by atoms with Gasteiger partial charge in [-0.25, -0.2) is 0 Å². The summed E-state index contributed by atoms with van der Waals surface area (Å²) in [6.45, 7) is 1.39. The Morgan fingerprint density at radius 3 is 2.55 bits per heavy atom. The molecule has 1 aliphatic heterocycles. The van der Waals surface area contributed by atoms with E-state index in [-0.39, 0.29) is 17.1 Å². The summed E-state index contributed by atoms with van der Waals surface area (Å²) in [6, 6.07) is 12.6. The topological polar surface area (TPSA) is 53.8 Å². The van der Waals surface area contributed by atoms with Crippen LogP contribution in [0.4, 0.5) is 0 Å². The number of nitrogens with zero attached hydrogens (tertiary/aromatic N) is 2. The first kappa shape index (κ1) is 20.3. The molecule has 0 bridgehead atoms. The van der Waals surface area contributed by atoms with E-state index < -0.39 is 6.04 Å². The Hall–Kier alpha value is -1.96. The van der Waals surface area contributed by atoms with Gasteiger partial charge in [0, 0.05) is 15.5 Å². The lowest BCUT2D eigenvalue weighted by atomic mass is 9.98. The van der Waals surface area contributed by atoms with Gasteiger partial charge in [-0.15, -0.1) is 0 Å². The maximum atomic E-state index is 13.4. The zero-order valence-electron chi connectivity index (χ0n) is 16.1. The largest absolute Gasteiger partial charge is 0.450 e. The van der Waals surface area contributed by atoms with Crippen molar-refractivity contribution in [2.24, 2.45) is 0 Å². The van der Waals surface area contributed by atoms with Gasteiger partial charge in [0.1, 0.15) is 5.58 Å². The van der Waals surface area contributed by atoms with Gasteiger partial charge in [-0.2, -0.15) is 0 Å². The van der Waals surface area contributed by atoms with Gasteiger partial charge in [0.25, 0.3) is 5.91 Å². The first-order valence-corrected chi connectivity index (χ1v) is 10.9. The number of halogens is 2. The Kier molecular flexibility index (Phi) is 5.64. The predicted octanol–water partition coefficient (Wildman–Crippen LogP) is 4.81. The van der Waals surface area contributed by atoms with Crippen LogP contribution in [-0.4, -0.2) is 42.9 Å². The molecule has 0 saturated carbocycles. The Labute approximate surface area is 185 Å². The van der Waals surface area contributed by atoms with Gasteiger partial charge in [-0.05, 0) is 63.0 Å². The molecule has 5 nitrogen and oxygen atoms in total. The van der Waals surface area contributed by atoms with Crippen molar-refractivity contribution < 1.29 is 9.21 Å². The molecular formula is C22H20Br2N2O3. The third-order valence-electron chi connectivity index (χ3n) is 5.10. The van der Waals surface area contributed by atoms with Crippen molar-refractivity contribution in [1.82, 2.24) is 9.80 Å². The van der Waals surface area contributed by atoms with E-state index >= 15 is 0 Å². The Bertz CT molecular complexity index is 1160. The molecule has 0 N–H and O–H groups in total. The SMILES string of the molecule is CN(C)CCCN1C(=O)c2oc3ccc(Br)cc3c(=O)c2C1c1cccc(Br)c1. The molecule has 3 aromatic rings. The Balaban J connectivity index is 1.89. The second-order valence-electron chi connectivity index (χ2n) is 7.43. The standard InChI is InChI=1S/C22H20Br2N2O3/c1-25(2)9-4-10-26-19(13-5-3-6-14(23)11-13)18-20(27)16-12-15(24)7-8-17(16)29-21(18)22(26)28/h3,5-8,11-12,19H,4,9-10H2,1-2H3. The van der Waals surface area contributed by atoms with Gasteiger partial charge in [-0.3, -0.25) is 9.59 Å². The van der Waals surface area contributed by atoms with Crippen LogP contribution >= 0.6 is 31.9 Å². The highest BCUT2D eigenvalue weighted by molar-refractivity contribution is 9.10. The minimum absolute atomic E-state index is 0.152. The molecule has 0 fully saturated rings. The van der Waals surface area contributed by atoms with E-state index in [9.17, 15) is 9.59 Å². The molecule has 7 heteroatoms. The van der Waals surface area contributed by atoms with E-state index in [0.29, 0.717) is 23.1 Å². The molecule has 29 heavy (non-hydrogen) atoms. The van der Waals surface area contributed by atoms with Crippen molar-refractivity contribution in [2.45, 2.75) is 12.5 Å². The third kappa shape index (κ3) is 3.79. The Morgan fingerprint density at radius 2 is 1.83 bits per heavy atom. The number of carbonyl (C=O) groups excluding carboxylic acids is 1. The van der Waals surface area contributed by atoms with E-state index in [1.54, 1.807) is 23.1 Å². The summed E-state index contributed by atoms with van der Waals surface area (Å²) in [5, 5.41) is 0.473. The molecule has 4 rings (SSSR count). The van der Waals surface area contributed by atoms with Crippen molar-refractivity contribution in [2.75, 3.05) is 27.2 Å². The number of amides is 1. The molecule has 2 aromatic carbocycles. The van der Waals surface area contributed by atoms with Crippen LogP contribution < -0.4 is 5.43 Å². The molecule has 0 saturated heterocycles. The van der Waals surface area contributed by atoms with E-state index in [1.807, 2.05) is 38.4 Å². The lowest BCUT2D eigenvalue weighted by molar-refractivity contribution is 0.0722. The normalized spacial score (nSPS) is 16.1. The highest BCUT2D eigenvalue weighted by atomic mass is 79.9. The lowest BCUT2D eigenvalue weighted by Gasteiger charge is -2.26. The number of hydrogen-bond acceptors (Lipinski definition) is 4. The van der Waals surface area contributed by atoms with E-state index in [1.165, 1.54) is 0 Å². The van der Waals surface area contributed by atoms with Crippen LogP contribution in [-0.2, 0) is 0 Å². The van der Waals surface area contributed by atoms with Gasteiger partial charge >= 0.3 is 0 Å². The molecular weight excluding hydrogens is 500 g/mol. The molecule has 1 aromatic heterocycles. The molecule has 1 atom stereocenters. The van der Waals surface area contributed by atoms with Gasteiger partial charge < -0.3 is 14.2 Å². The van der Waals surface area contributed by atoms with Crippen molar-refractivity contribution in [1.29, 1.82) is 0 Å². The highest BCUT2D eigenvalue weighted by Crippen LogP contribution is 2.39. The van der Waals surface area contributed by atoms with Crippen molar-refractivity contribution >= 4 is 48.7 Å². The molecule has 1 unspecified atom stereocenters. The van der Waals surface area contributed by atoms with Crippen molar-refractivity contribution in [3.63, 3.8) is 0 Å². The van der Waals surface area contributed by atoms with E-state index in [2.05, 4.69) is 36.8 Å². The van der Waals surface area contributed by atoms with Crippen molar-refractivity contribution in [3.8, 4) is 0 Å². The molecule has 0 spiro atoms.